The Bertz CT molecular complexity index is 704. The molecule has 0 aliphatic carbocycles. The second-order valence-electron chi connectivity index (χ2n) is 5.23. The summed E-state index contributed by atoms with van der Waals surface area (Å²) < 4.78 is 10.3. The number of guanidine groups is 1. The number of hydrogen-bond donors (Lipinski definition) is 3. The van der Waals surface area contributed by atoms with Crippen LogP contribution in [0.5, 0.6) is 17.2 Å². The smallest absolute Gasteiger partial charge is 0.200 e. The van der Waals surface area contributed by atoms with Crippen molar-refractivity contribution < 1.29 is 14.6 Å². The number of hydrogen-bond acceptors (Lipinski definition) is 4. The van der Waals surface area contributed by atoms with Crippen LogP contribution < -0.4 is 20.5 Å². The van der Waals surface area contributed by atoms with E-state index in [9.17, 15) is 5.11 Å². The molecule has 24 heavy (non-hydrogen) atoms. The van der Waals surface area contributed by atoms with E-state index in [4.69, 9.17) is 15.2 Å². The highest BCUT2D eigenvalue weighted by molar-refractivity contribution is 5.92. The molecule has 2 aromatic rings. The van der Waals surface area contributed by atoms with E-state index in [2.05, 4.69) is 23.3 Å². The molecule has 0 saturated heterocycles. The van der Waals surface area contributed by atoms with Crippen molar-refractivity contribution in [3.8, 4) is 17.2 Å². The van der Waals surface area contributed by atoms with Gasteiger partial charge in [-0.2, -0.15) is 0 Å². The van der Waals surface area contributed by atoms with Gasteiger partial charge < -0.3 is 25.6 Å². The van der Waals surface area contributed by atoms with E-state index >= 15 is 0 Å². The van der Waals surface area contributed by atoms with E-state index in [1.54, 1.807) is 12.1 Å². The number of nitrogens with zero attached hydrogens (tertiary/aromatic N) is 1. The van der Waals surface area contributed by atoms with Gasteiger partial charge in [0, 0.05) is 5.69 Å². The van der Waals surface area contributed by atoms with E-state index in [0.717, 1.165) is 17.7 Å². The third-order valence-electron chi connectivity index (χ3n) is 3.58. The fraction of sp³-hybridized carbons (Fsp3) is 0.278. The maximum Gasteiger partial charge on any atom is 0.200 e. The van der Waals surface area contributed by atoms with Gasteiger partial charge in [-0.05, 0) is 41.8 Å². The Morgan fingerprint density at radius 3 is 2.38 bits per heavy atom. The normalized spacial score (nSPS) is 11.2. The molecule has 6 heteroatoms. The Labute approximate surface area is 141 Å². The maximum atomic E-state index is 9.91. The number of nitrogens with two attached hydrogens (primary N) is 1. The molecule has 0 unspecified atom stereocenters. The Balaban J connectivity index is 2.11. The summed E-state index contributed by atoms with van der Waals surface area (Å²) in [4.78, 5) is 4.32. The van der Waals surface area contributed by atoms with Crippen LogP contribution in [-0.4, -0.2) is 25.3 Å². The quantitative estimate of drug-likeness (QED) is 0.560. The van der Waals surface area contributed by atoms with Crippen molar-refractivity contribution in [2.24, 2.45) is 10.7 Å². The number of nitrogens with one attached hydrogen (secondary N) is 1. The first-order valence-corrected chi connectivity index (χ1v) is 7.67. The summed E-state index contributed by atoms with van der Waals surface area (Å²) in [6.45, 7) is 2.43. The Hall–Kier alpha value is -2.89. The summed E-state index contributed by atoms with van der Waals surface area (Å²) in [6, 6.07) is 11.4. The lowest BCUT2D eigenvalue weighted by Gasteiger charge is -2.11. The summed E-state index contributed by atoms with van der Waals surface area (Å²) in [6.07, 6.45) is 0.958. The standard InChI is InChI=1S/C18H23N3O3/c1-4-12-6-5-7-14(8-12)21-18(19)20-11-13-9-15(23-2)17(22)16(10-13)24-3/h5-10,22H,4,11H2,1-3H3,(H3,19,20,21). The van der Waals surface area contributed by atoms with Crippen molar-refractivity contribution in [3.63, 3.8) is 0 Å². The highest BCUT2D eigenvalue weighted by Crippen LogP contribution is 2.37. The number of aryl methyl sites for hydroxylation is 1. The van der Waals surface area contributed by atoms with E-state index in [1.807, 2.05) is 18.2 Å². The van der Waals surface area contributed by atoms with Gasteiger partial charge in [-0.15, -0.1) is 0 Å². The lowest BCUT2D eigenvalue weighted by molar-refractivity contribution is 0.339. The van der Waals surface area contributed by atoms with Crippen LogP contribution in [0.1, 0.15) is 18.1 Å². The van der Waals surface area contributed by atoms with Crippen LogP contribution in [0.25, 0.3) is 0 Å². The fourth-order valence-corrected chi connectivity index (χ4v) is 2.27. The highest BCUT2D eigenvalue weighted by atomic mass is 16.5. The number of rotatable bonds is 6. The molecule has 2 rings (SSSR count). The van der Waals surface area contributed by atoms with Crippen LogP contribution in [-0.2, 0) is 13.0 Å². The summed E-state index contributed by atoms with van der Waals surface area (Å²) in [5, 5.41) is 13.0. The van der Waals surface area contributed by atoms with Gasteiger partial charge in [-0.25, -0.2) is 4.99 Å². The van der Waals surface area contributed by atoms with Gasteiger partial charge in [-0.1, -0.05) is 19.1 Å². The van der Waals surface area contributed by atoms with Crippen molar-refractivity contribution in [2.75, 3.05) is 19.5 Å². The highest BCUT2D eigenvalue weighted by Gasteiger charge is 2.11. The zero-order valence-corrected chi connectivity index (χ0v) is 14.2. The number of phenolic OH excluding ortho intramolecular Hbond substituents is 1. The average Bonchev–Trinajstić information content (AvgIpc) is 2.60. The maximum absolute atomic E-state index is 9.91. The third-order valence-corrected chi connectivity index (χ3v) is 3.58. The molecule has 0 amide bonds. The topological polar surface area (TPSA) is 89.1 Å². The van der Waals surface area contributed by atoms with Gasteiger partial charge in [0.1, 0.15) is 0 Å². The number of phenols is 1. The van der Waals surface area contributed by atoms with Crippen molar-refractivity contribution in [1.82, 2.24) is 0 Å². The zero-order valence-electron chi connectivity index (χ0n) is 14.2. The first-order chi connectivity index (χ1) is 11.6. The second-order valence-corrected chi connectivity index (χ2v) is 5.23. The monoisotopic (exact) mass is 329 g/mol. The molecule has 0 aromatic heterocycles. The molecule has 0 saturated carbocycles. The lowest BCUT2D eigenvalue weighted by atomic mass is 10.1. The summed E-state index contributed by atoms with van der Waals surface area (Å²) in [5.41, 5.74) is 8.88. The average molecular weight is 329 g/mol. The third kappa shape index (κ3) is 4.32. The number of ether oxygens (including phenoxy) is 2. The van der Waals surface area contributed by atoms with E-state index in [1.165, 1.54) is 19.8 Å². The van der Waals surface area contributed by atoms with E-state index in [0.29, 0.717) is 24.0 Å². The van der Waals surface area contributed by atoms with Crippen LogP contribution in [0, 0.1) is 0 Å². The minimum atomic E-state index is -0.0322. The fourth-order valence-electron chi connectivity index (χ4n) is 2.27. The van der Waals surface area contributed by atoms with Crippen molar-refractivity contribution >= 4 is 11.6 Å². The summed E-state index contributed by atoms with van der Waals surface area (Å²) in [5.74, 6) is 0.952. The summed E-state index contributed by atoms with van der Waals surface area (Å²) in [7, 11) is 2.97. The van der Waals surface area contributed by atoms with Gasteiger partial charge in [0.25, 0.3) is 0 Å². The first-order valence-electron chi connectivity index (χ1n) is 7.67. The van der Waals surface area contributed by atoms with Gasteiger partial charge in [-0.3, -0.25) is 0 Å². The molecule has 6 nitrogen and oxygen atoms in total. The minimum Gasteiger partial charge on any atom is -0.502 e. The SMILES string of the molecule is CCc1cccc(NC(N)=NCc2cc(OC)c(O)c(OC)c2)c1. The molecule has 0 aliphatic heterocycles. The molecular weight excluding hydrogens is 306 g/mol. The molecule has 0 atom stereocenters. The Morgan fingerprint density at radius 1 is 1.12 bits per heavy atom. The van der Waals surface area contributed by atoms with Gasteiger partial charge in [0.2, 0.25) is 5.75 Å². The Morgan fingerprint density at radius 2 is 1.79 bits per heavy atom. The lowest BCUT2D eigenvalue weighted by Crippen LogP contribution is -2.22. The van der Waals surface area contributed by atoms with Crippen LogP contribution in [0.15, 0.2) is 41.4 Å². The first kappa shape index (κ1) is 17.5. The van der Waals surface area contributed by atoms with E-state index < -0.39 is 0 Å². The largest absolute Gasteiger partial charge is 0.502 e. The van der Waals surface area contributed by atoms with Crippen LogP contribution in [0.4, 0.5) is 5.69 Å². The number of aliphatic imine (C=N–C) groups is 1. The predicted octanol–water partition coefficient (Wildman–Crippen LogP) is 2.90. The van der Waals surface area contributed by atoms with Crippen LogP contribution in [0.2, 0.25) is 0 Å². The van der Waals surface area contributed by atoms with Crippen LogP contribution >= 0.6 is 0 Å². The van der Waals surface area contributed by atoms with Gasteiger partial charge >= 0.3 is 0 Å². The summed E-state index contributed by atoms with van der Waals surface area (Å²) >= 11 is 0. The number of anilines is 1. The molecule has 4 N–H and O–H groups in total. The molecule has 0 radical (unpaired) electrons. The van der Waals surface area contributed by atoms with Gasteiger partial charge in [0.15, 0.2) is 17.5 Å². The molecule has 128 valence electrons. The number of methoxy groups -OCH3 is 2. The molecule has 0 bridgehead atoms. The van der Waals surface area contributed by atoms with Crippen molar-refractivity contribution in [3.05, 3.63) is 47.5 Å². The Kier molecular flexibility index (Phi) is 5.89. The van der Waals surface area contributed by atoms with Crippen LogP contribution in [0.3, 0.4) is 0 Å². The molecule has 0 heterocycles. The second kappa shape index (κ2) is 8.10. The molecule has 0 aliphatic rings. The van der Waals surface area contributed by atoms with E-state index in [-0.39, 0.29) is 5.75 Å². The molecule has 0 spiro atoms. The number of benzene rings is 2. The molecule has 2 aromatic carbocycles. The molecule has 0 fully saturated rings. The minimum absolute atomic E-state index is 0.0322. The molecular formula is C18H23N3O3. The predicted molar refractivity (Wildman–Crippen MR) is 96.0 cm³/mol. The van der Waals surface area contributed by atoms with Crippen molar-refractivity contribution in [1.29, 1.82) is 0 Å². The van der Waals surface area contributed by atoms with Gasteiger partial charge in [0.05, 0.1) is 20.8 Å². The number of aromatic hydroxyl groups is 1. The van der Waals surface area contributed by atoms with Crippen molar-refractivity contribution in [2.45, 2.75) is 19.9 Å². The zero-order chi connectivity index (χ0) is 17.5.